The summed E-state index contributed by atoms with van der Waals surface area (Å²) >= 11 is 0. The molecule has 196 valence electrons. The van der Waals surface area contributed by atoms with Crippen molar-refractivity contribution in [1.82, 2.24) is 4.90 Å². The lowest BCUT2D eigenvalue weighted by molar-refractivity contribution is -0.200. The van der Waals surface area contributed by atoms with E-state index < -0.39 is 29.0 Å². The smallest absolute Gasteiger partial charge is 0.303 e. The number of ether oxygens (including phenoxy) is 3. The maximum atomic E-state index is 13.9. The third-order valence-electron chi connectivity index (χ3n) is 8.44. The van der Waals surface area contributed by atoms with Crippen LogP contribution in [0.2, 0.25) is 0 Å². The Morgan fingerprint density at radius 2 is 1.72 bits per heavy atom. The van der Waals surface area contributed by atoms with Crippen molar-refractivity contribution in [2.45, 2.75) is 72.2 Å². The number of hydrogen-bond donors (Lipinski definition) is 1. The Balaban J connectivity index is 1.71. The molecule has 1 aromatic rings. The first kappa shape index (κ1) is 26.2. The van der Waals surface area contributed by atoms with Crippen molar-refractivity contribution in [3.63, 3.8) is 0 Å². The number of benzene rings is 1. The van der Waals surface area contributed by atoms with Crippen LogP contribution in [0, 0.1) is 16.7 Å². The molecule has 1 fully saturated rings. The van der Waals surface area contributed by atoms with E-state index in [1.54, 1.807) is 19.2 Å². The molecule has 2 aliphatic carbocycles. The van der Waals surface area contributed by atoms with Crippen LogP contribution in [0.25, 0.3) is 0 Å². The van der Waals surface area contributed by atoms with Crippen LogP contribution in [0.5, 0.6) is 5.75 Å². The molecule has 8 nitrogen and oxygen atoms in total. The van der Waals surface area contributed by atoms with Crippen LogP contribution in [0.15, 0.2) is 35.4 Å². The molecule has 1 aromatic carbocycles. The first-order valence-electron chi connectivity index (χ1n) is 12.6. The fourth-order valence-electron chi connectivity index (χ4n) is 7.03. The number of esters is 2. The van der Waals surface area contributed by atoms with Crippen molar-refractivity contribution in [1.29, 1.82) is 0 Å². The van der Waals surface area contributed by atoms with E-state index in [4.69, 9.17) is 14.2 Å². The molecule has 0 bridgehead atoms. The second-order valence-electron chi connectivity index (χ2n) is 11.1. The lowest BCUT2D eigenvalue weighted by Gasteiger charge is -2.59. The fourth-order valence-corrected chi connectivity index (χ4v) is 7.03. The Bertz CT molecular complexity index is 1080. The molecule has 0 aromatic heterocycles. The molecule has 4 rings (SSSR count). The van der Waals surface area contributed by atoms with Crippen LogP contribution in [-0.4, -0.2) is 66.4 Å². The zero-order valence-electron chi connectivity index (χ0n) is 22.0. The van der Waals surface area contributed by atoms with Gasteiger partial charge in [0.25, 0.3) is 5.91 Å². The lowest BCUT2D eigenvalue weighted by atomic mass is 9.48. The summed E-state index contributed by atoms with van der Waals surface area (Å²) in [5, 5.41) is 9.56. The van der Waals surface area contributed by atoms with Gasteiger partial charge in [0.15, 0.2) is 0 Å². The second kappa shape index (κ2) is 9.54. The van der Waals surface area contributed by atoms with Crippen molar-refractivity contribution in [2.75, 3.05) is 20.2 Å². The molecule has 2 unspecified atom stereocenters. The second-order valence-corrected chi connectivity index (χ2v) is 11.1. The Morgan fingerprint density at radius 3 is 2.31 bits per heavy atom. The molecular weight excluding hydrogens is 462 g/mol. The lowest BCUT2D eigenvalue weighted by Crippen LogP contribution is -2.62. The highest BCUT2D eigenvalue weighted by molar-refractivity contribution is 5.99. The highest BCUT2D eigenvalue weighted by Gasteiger charge is 2.65. The van der Waals surface area contributed by atoms with Crippen molar-refractivity contribution >= 4 is 17.8 Å². The third kappa shape index (κ3) is 4.40. The van der Waals surface area contributed by atoms with Gasteiger partial charge >= 0.3 is 11.9 Å². The van der Waals surface area contributed by atoms with E-state index in [1.165, 1.54) is 13.8 Å². The van der Waals surface area contributed by atoms with Gasteiger partial charge in [-0.3, -0.25) is 14.4 Å². The van der Waals surface area contributed by atoms with Crippen LogP contribution >= 0.6 is 0 Å². The zero-order valence-corrected chi connectivity index (χ0v) is 22.0. The van der Waals surface area contributed by atoms with Crippen molar-refractivity contribution < 1.29 is 33.7 Å². The molecule has 0 spiro atoms. The minimum Gasteiger partial charge on any atom is -0.508 e. The Labute approximate surface area is 212 Å². The number of methoxy groups -OCH3 is 1. The summed E-state index contributed by atoms with van der Waals surface area (Å²) in [4.78, 5) is 39.9. The quantitative estimate of drug-likeness (QED) is 0.599. The van der Waals surface area contributed by atoms with Gasteiger partial charge in [0.05, 0.1) is 0 Å². The van der Waals surface area contributed by atoms with E-state index >= 15 is 0 Å². The molecule has 36 heavy (non-hydrogen) atoms. The third-order valence-corrected chi connectivity index (χ3v) is 8.44. The van der Waals surface area contributed by atoms with Gasteiger partial charge in [-0.15, -0.1) is 0 Å². The van der Waals surface area contributed by atoms with Crippen molar-refractivity contribution in [3.8, 4) is 5.75 Å². The standard InChI is InChI=1S/C28H37NO7/c1-16(30)35-21-11-13-28(5)22-20(23(34-6)24(36-17(2)31)25(28)27(21,3)4)15-29(26(22)33)14-12-18-7-9-19(32)10-8-18/h7-10,21,23-25,32H,11-15H2,1-6H3/t21-,23-,24+,25?,28?/m1/s1. The number of phenolic OH excluding ortho intramolecular Hbond substituents is 1. The molecule has 0 saturated heterocycles. The number of carbonyl (C=O) groups is 3. The van der Waals surface area contributed by atoms with E-state index in [2.05, 4.69) is 6.92 Å². The number of phenols is 1. The maximum Gasteiger partial charge on any atom is 0.303 e. The molecule has 0 radical (unpaired) electrons. The van der Waals surface area contributed by atoms with E-state index in [1.807, 2.05) is 30.9 Å². The van der Waals surface area contributed by atoms with Gasteiger partial charge in [-0.2, -0.15) is 0 Å². The topological polar surface area (TPSA) is 102 Å². The van der Waals surface area contributed by atoms with Gasteiger partial charge in [0.2, 0.25) is 0 Å². The van der Waals surface area contributed by atoms with Gasteiger partial charge in [0.1, 0.15) is 24.1 Å². The maximum absolute atomic E-state index is 13.9. The minimum absolute atomic E-state index is 0.0126. The molecular formula is C28H37NO7. The predicted octanol–water partition coefficient (Wildman–Crippen LogP) is 3.41. The summed E-state index contributed by atoms with van der Waals surface area (Å²) in [6, 6.07) is 7.00. The summed E-state index contributed by atoms with van der Waals surface area (Å²) in [6.45, 7) is 9.86. The summed E-state index contributed by atoms with van der Waals surface area (Å²) in [7, 11) is 1.58. The normalized spacial score (nSPS) is 31.1. The number of aromatic hydroxyl groups is 1. The van der Waals surface area contributed by atoms with Crippen molar-refractivity contribution in [2.24, 2.45) is 16.7 Å². The monoisotopic (exact) mass is 499 g/mol. The van der Waals surface area contributed by atoms with Gasteiger partial charge < -0.3 is 24.2 Å². The fraction of sp³-hybridized carbons (Fsp3) is 0.607. The largest absolute Gasteiger partial charge is 0.508 e. The number of amides is 1. The molecule has 5 atom stereocenters. The van der Waals surface area contributed by atoms with E-state index in [0.29, 0.717) is 32.4 Å². The van der Waals surface area contributed by atoms with E-state index in [9.17, 15) is 19.5 Å². The molecule has 3 aliphatic rings. The van der Waals surface area contributed by atoms with Crippen LogP contribution in [0.4, 0.5) is 0 Å². The first-order valence-corrected chi connectivity index (χ1v) is 12.6. The summed E-state index contributed by atoms with van der Waals surface area (Å²) < 4.78 is 17.6. The number of nitrogens with zero attached hydrogens (tertiary/aromatic N) is 1. The minimum atomic E-state index is -0.616. The first-order chi connectivity index (χ1) is 16.9. The molecule has 1 N–H and O–H groups in total. The Morgan fingerprint density at radius 1 is 1.08 bits per heavy atom. The van der Waals surface area contributed by atoms with E-state index in [-0.39, 0.29) is 29.6 Å². The SMILES string of the molecule is CO[C@@H]1C2=C(C(=O)N(CCc3ccc(O)cc3)C2)C2(C)CC[C@@H](OC(C)=O)C(C)(C)C2[C@H]1OC(C)=O. The van der Waals surface area contributed by atoms with Gasteiger partial charge in [0, 0.05) is 56.4 Å². The van der Waals surface area contributed by atoms with Crippen molar-refractivity contribution in [3.05, 3.63) is 41.0 Å². The molecule has 1 aliphatic heterocycles. The summed E-state index contributed by atoms with van der Waals surface area (Å²) in [6.07, 6.45) is 0.338. The Hall–Kier alpha value is -2.87. The highest BCUT2D eigenvalue weighted by Crippen LogP contribution is 2.62. The predicted molar refractivity (Wildman–Crippen MR) is 132 cm³/mol. The van der Waals surface area contributed by atoms with Gasteiger partial charge in [-0.1, -0.05) is 32.9 Å². The molecule has 1 heterocycles. The average molecular weight is 500 g/mol. The Kier molecular flexibility index (Phi) is 6.94. The molecule has 8 heteroatoms. The number of hydrogen-bond acceptors (Lipinski definition) is 7. The van der Waals surface area contributed by atoms with Gasteiger partial charge in [-0.25, -0.2) is 0 Å². The summed E-state index contributed by atoms with van der Waals surface area (Å²) in [5.41, 5.74) is 1.50. The van der Waals surface area contributed by atoms with E-state index in [0.717, 1.165) is 16.7 Å². The number of rotatable bonds is 6. The average Bonchev–Trinajstić information content (AvgIpc) is 3.12. The number of carbonyl (C=O) groups excluding carboxylic acids is 3. The van der Waals surface area contributed by atoms with Crippen LogP contribution < -0.4 is 0 Å². The van der Waals surface area contributed by atoms with Crippen LogP contribution in [0.3, 0.4) is 0 Å². The van der Waals surface area contributed by atoms with Gasteiger partial charge in [-0.05, 0) is 42.5 Å². The summed E-state index contributed by atoms with van der Waals surface area (Å²) in [5.74, 6) is -0.860. The van der Waals surface area contributed by atoms with Crippen LogP contribution in [0.1, 0.15) is 53.0 Å². The highest BCUT2D eigenvalue weighted by atomic mass is 16.6. The molecule has 1 saturated carbocycles. The zero-order chi connectivity index (χ0) is 26.4. The number of fused-ring (bicyclic) bond motifs is 2. The molecule has 1 amide bonds. The van der Waals surface area contributed by atoms with Crippen LogP contribution in [-0.2, 0) is 35.0 Å².